The molecule has 0 spiro atoms. The normalized spacial score (nSPS) is 22.3. The summed E-state index contributed by atoms with van der Waals surface area (Å²) < 4.78 is 5.88. The third-order valence-electron chi connectivity index (χ3n) is 5.78. The van der Waals surface area contributed by atoms with Crippen molar-refractivity contribution in [2.45, 2.75) is 57.3 Å². The summed E-state index contributed by atoms with van der Waals surface area (Å²) in [4.78, 5) is 17.1. The summed E-state index contributed by atoms with van der Waals surface area (Å²) in [5.41, 5.74) is 9.05. The molecule has 4 N–H and O–H groups in total. The highest BCUT2D eigenvalue weighted by atomic mass is 16.6. The number of nitrogen functional groups attached to an aromatic ring is 1. The Labute approximate surface area is 194 Å². The van der Waals surface area contributed by atoms with Crippen LogP contribution in [0.25, 0.3) is 22.4 Å². The minimum absolute atomic E-state index is 0.340. The second-order valence-corrected chi connectivity index (χ2v) is 10.2. The second-order valence-electron chi connectivity index (χ2n) is 10.2. The number of rotatable bonds is 4. The molecule has 0 unspecified atom stereocenters. The minimum Gasteiger partial charge on any atom is -0.438 e. The summed E-state index contributed by atoms with van der Waals surface area (Å²) >= 11 is 0. The fraction of sp³-hybridized carbons (Fsp3) is 0.333. The molecule has 6 heteroatoms. The van der Waals surface area contributed by atoms with Gasteiger partial charge in [0.1, 0.15) is 5.60 Å². The molecule has 4 rings (SSSR count). The Morgan fingerprint density at radius 1 is 1.06 bits per heavy atom. The number of alkyl carbamates (subject to hydrolysis) is 1. The number of nitrogens with one attached hydrogen (secondary N) is 1. The maximum atomic E-state index is 12.5. The van der Waals surface area contributed by atoms with E-state index in [4.69, 9.17) is 10.5 Å². The lowest BCUT2D eigenvalue weighted by atomic mass is 9.65. The molecule has 6 nitrogen and oxygen atoms in total. The van der Waals surface area contributed by atoms with Crippen LogP contribution in [0.2, 0.25) is 0 Å². The van der Waals surface area contributed by atoms with Gasteiger partial charge in [-0.25, -0.2) is 4.79 Å². The van der Waals surface area contributed by atoms with Crippen LogP contribution in [0.4, 0.5) is 10.5 Å². The van der Waals surface area contributed by atoms with E-state index in [1.165, 1.54) is 0 Å². The van der Waals surface area contributed by atoms with Gasteiger partial charge in [-0.3, -0.25) is 4.98 Å². The second kappa shape index (κ2) is 8.19. The molecule has 1 aliphatic rings. The van der Waals surface area contributed by atoms with Gasteiger partial charge in [0, 0.05) is 29.5 Å². The SMILES string of the molecule is CC1(O)CC(OC(=O)NC(C)(C)C)(c2ccc(-c3ncc(N)cc3-c3ccccc3)cc2)C1. The molecule has 2 aromatic carbocycles. The lowest BCUT2D eigenvalue weighted by Gasteiger charge is -2.51. The number of pyridine rings is 1. The van der Waals surface area contributed by atoms with Crippen LogP contribution in [-0.4, -0.2) is 27.3 Å². The molecular formula is C27H31N3O3. The molecule has 3 aromatic rings. The number of hydrogen-bond donors (Lipinski definition) is 3. The molecule has 33 heavy (non-hydrogen) atoms. The molecule has 1 fully saturated rings. The molecule has 0 aliphatic heterocycles. The first kappa shape index (κ1) is 22.8. The first-order valence-corrected chi connectivity index (χ1v) is 11.1. The van der Waals surface area contributed by atoms with E-state index in [1.807, 2.05) is 81.4 Å². The summed E-state index contributed by atoms with van der Waals surface area (Å²) in [7, 11) is 0. The Bertz CT molecular complexity index is 1140. The zero-order valence-electron chi connectivity index (χ0n) is 19.6. The van der Waals surface area contributed by atoms with Crippen molar-refractivity contribution in [2.24, 2.45) is 0 Å². The average molecular weight is 446 g/mol. The lowest BCUT2D eigenvalue weighted by Crippen LogP contribution is -2.57. The van der Waals surface area contributed by atoms with Crippen LogP contribution < -0.4 is 11.1 Å². The van der Waals surface area contributed by atoms with Gasteiger partial charge in [0.05, 0.1) is 23.2 Å². The zero-order valence-corrected chi connectivity index (χ0v) is 19.6. The van der Waals surface area contributed by atoms with Crippen LogP contribution in [0, 0.1) is 0 Å². The first-order valence-electron chi connectivity index (χ1n) is 11.1. The zero-order chi connectivity index (χ0) is 23.9. The van der Waals surface area contributed by atoms with E-state index in [2.05, 4.69) is 10.3 Å². The van der Waals surface area contributed by atoms with Crippen molar-refractivity contribution in [3.63, 3.8) is 0 Å². The molecule has 1 aromatic heterocycles. The van der Waals surface area contributed by atoms with E-state index < -0.39 is 22.8 Å². The number of benzene rings is 2. The van der Waals surface area contributed by atoms with Gasteiger partial charge in [-0.05, 0) is 44.9 Å². The van der Waals surface area contributed by atoms with Crippen molar-refractivity contribution in [2.75, 3.05) is 5.73 Å². The number of aromatic nitrogens is 1. The van der Waals surface area contributed by atoms with Gasteiger partial charge >= 0.3 is 6.09 Å². The highest BCUT2D eigenvalue weighted by Gasteiger charge is 2.55. The van der Waals surface area contributed by atoms with E-state index >= 15 is 0 Å². The monoisotopic (exact) mass is 445 g/mol. The Hall–Kier alpha value is -3.38. The molecule has 1 amide bonds. The van der Waals surface area contributed by atoms with Crippen LogP contribution in [0.3, 0.4) is 0 Å². The molecule has 0 radical (unpaired) electrons. The molecule has 172 valence electrons. The fourth-order valence-electron chi connectivity index (χ4n) is 4.50. The molecule has 0 atom stereocenters. The van der Waals surface area contributed by atoms with Crippen LogP contribution in [0.15, 0.2) is 66.9 Å². The smallest absolute Gasteiger partial charge is 0.408 e. The Morgan fingerprint density at radius 3 is 2.27 bits per heavy atom. The van der Waals surface area contributed by atoms with Gasteiger partial charge in [-0.1, -0.05) is 54.6 Å². The Balaban J connectivity index is 1.66. The van der Waals surface area contributed by atoms with Crippen LogP contribution in [0.1, 0.15) is 46.1 Å². The number of amides is 1. The topological polar surface area (TPSA) is 97.5 Å². The van der Waals surface area contributed by atoms with Gasteiger partial charge < -0.3 is 20.9 Å². The van der Waals surface area contributed by atoms with Gasteiger partial charge in [-0.15, -0.1) is 0 Å². The molecular weight excluding hydrogens is 414 g/mol. The first-order chi connectivity index (χ1) is 15.5. The third kappa shape index (κ3) is 5.01. The number of anilines is 1. The number of nitrogens with two attached hydrogens (primary N) is 1. The van der Waals surface area contributed by atoms with E-state index in [0.29, 0.717) is 18.5 Å². The number of nitrogens with zero attached hydrogens (tertiary/aromatic N) is 1. The quantitative estimate of drug-likeness (QED) is 0.509. The van der Waals surface area contributed by atoms with E-state index in [9.17, 15) is 9.90 Å². The van der Waals surface area contributed by atoms with E-state index in [0.717, 1.165) is 27.9 Å². The maximum absolute atomic E-state index is 12.5. The number of carbonyl (C=O) groups excluding carboxylic acids is 1. The van der Waals surface area contributed by atoms with Crippen molar-refractivity contribution in [1.29, 1.82) is 0 Å². The predicted octanol–water partition coefficient (Wildman–Crippen LogP) is 5.26. The van der Waals surface area contributed by atoms with Crippen LogP contribution in [-0.2, 0) is 10.3 Å². The Kier molecular flexibility index (Phi) is 5.66. The van der Waals surface area contributed by atoms with Crippen molar-refractivity contribution in [1.82, 2.24) is 10.3 Å². The highest BCUT2D eigenvalue weighted by Crippen LogP contribution is 2.51. The van der Waals surface area contributed by atoms with Crippen LogP contribution >= 0.6 is 0 Å². The largest absolute Gasteiger partial charge is 0.438 e. The van der Waals surface area contributed by atoms with Crippen molar-refractivity contribution < 1.29 is 14.6 Å². The van der Waals surface area contributed by atoms with Gasteiger partial charge in [-0.2, -0.15) is 0 Å². The standard InChI is InChI=1S/C27H31N3O3/c1-25(2,3)30-24(31)33-27(16-26(4,32)17-27)20-12-10-19(11-13-20)23-22(14-21(28)15-29-23)18-8-6-5-7-9-18/h5-15,32H,16-17,28H2,1-4H3,(H,30,31). The average Bonchev–Trinajstić information content (AvgIpc) is 2.71. The summed E-state index contributed by atoms with van der Waals surface area (Å²) in [6, 6.07) is 19.8. The predicted molar refractivity (Wildman–Crippen MR) is 130 cm³/mol. The highest BCUT2D eigenvalue weighted by molar-refractivity contribution is 5.82. The lowest BCUT2D eigenvalue weighted by molar-refractivity contribution is -0.176. The van der Waals surface area contributed by atoms with Gasteiger partial charge in [0.15, 0.2) is 0 Å². The molecule has 0 bridgehead atoms. The third-order valence-corrected chi connectivity index (χ3v) is 5.78. The van der Waals surface area contributed by atoms with Crippen molar-refractivity contribution in [3.05, 3.63) is 72.4 Å². The number of hydrogen-bond acceptors (Lipinski definition) is 5. The summed E-state index contributed by atoms with van der Waals surface area (Å²) in [6.45, 7) is 7.46. The van der Waals surface area contributed by atoms with E-state index in [1.54, 1.807) is 13.1 Å². The van der Waals surface area contributed by atoms with Gasteiger partial charge in [0.2, 0.25) is 0 Å². The Morgan fingerprint density at radius 2 is 1.70 bits per heavy atom. The van der Waals surface area contributed by atoms with E-state index in [-0.39, 0.29) is 0 Å². The number of carbonyl (C=O) groups is 1. The summed E-state index contributed by atoms with van der Waals surface area (Å²) in [5, 5.41) is 13.3. The molecule has 1 aliphatic carbocycles. The van der Waals surface area contributed by atoms with Crippen LogP contribution in [0.5, 0.6) is 0 Å². The molecule has 0 saturated heterocycles. The number of ether oxygens (including phenoxy) is 1. The summed E-state index contributed by atoms with van der Waals surface area (Å²) in [6.07, 6.45) is 1.84. The number of aliphatic hydroxyl groups is 1. The van der Waals surface area contributed by atoms with Gasteiger partial charge in [0.25, 0.3) is 0 Å². The fourth-order valence-corrected chi connectivity index (χ4v) is 4.50. The van der Waals surface area contributed by atoms with Crippen molar-refractivity contribution >= 4 is 11.8 Å². The maximum Gasteiger partial charge on any atom is 0.408 e. The molecule has 1 saturated carbocycles. The minimum atomic E-state index is -0.875. The van der Waals surface area contributed by atoms with Crippen molar-refractivity contribution in [3.8, 4) is 22.4 Å². The summed E-state index contributed by atoms with van der Waals surface area (Å²) in [5.74, 6) is 0. The molecule has 1 heterocycles.